The van der Waals surface area contributed by atoms with Crippen LogP contribution in [0.1, 0.15) is 12.8 Å². The highest BCUT2D eigenvalue weighted by Crippen LogP contribution is 2.36. The fourth-order valence-corrected chi connectivity index (χ4v) is 3.08. The summed E-state index contributed by atoms with van der Waals surface area (Å²) < 4.78 is 104. The third-order valence-corrected chi connectivity index (χ3v) is 4.94. The fourth-order valence-electron chi connectivity index (χ4n) is 3.08. The van der Waals surface area contributed by atoms with Gasteiger partial charge in [0.1, 0.15) is 23.1 Å². The predicted molar refractivity (Wildman–Crippen MR) is 121 cm³/mol. The smallest absolute Gasteiger partial charge is 0.493 e. The standard InChI is InChI=1S/C24H24F6N2O6/c25-22(26,37-24(29,30)38-23(27,28)9-11-35-21(33)18(32)14-31)8-10-34-17-7-6-16-12-19(36-20(16)13-17)15-4-2-1-3-5-15/h1-7,12-13,18H,8-11,14,31-32H2. The quantitative estimate of drug-likeness (QED) is 0.166. The van der Waals surface area contributed by atoms with E-state index in [4.69, 9.17) is 20.6 Å². The molecular weight excluding hydrogens is 526 g/mol. The van der Waals surface area contributed by atoms with E-state index in [1.54, 1.807) is 12.1 Å². The van der Waals surface area contributed by atoms with Crippen molar-refractivity contribution in [3.8, 4) is 17.1 Å². The van der Waals surface area contributed by atoms with Crippen LogP contribution >= 0.6 is 0 Å². The summed E-state index contributed by atoms with van der Waals surface area (Å²) in [6, 6.07) is 14.1. The van der Waals surface area contributed by atoms with Crippen LogP contribution in [0.5, 0.6) is 5.75 Å². The van der Waals surface area contributed by atoms with Gasteiger partial charge in [-0.05, 0) is 18.2 Å². The van der Waals surface area contributed by atoms with E-state index in [1.165, 1.54) is 12.1 Å². The first-order chi connectivity index (χ1) is 17.8. The first-order valence-electron chi connectivity index (χ1n) is 11.2. The third kappa shape index (κ3) is 8.62. The summed E-state index contributed by atoms with van der Waals surface area (Å²) in [6.45, 7) is -2.25. The van der Waals surface area contributed by atoms with Gasteiger partial charge in [-0.25, -0.2) is 9.47 Å². The van der Waals surface area contributed by atoms with Gasteiger partial charge in [0, 0.05) is 23.6 Å². The van der Waals surface area contributed by atoms with E-state index in [2.05, 4.69) is 14.2 Å². The lowest BCUT2D eigenvalue weighted by atomic mass is 10.1. The van der Waals surface area contributed by atoms with Crippen LogP contribution in [0.2, 0.25) is 0 Å². The number of furan rings is 1. The Hall–Kier alpha value is -3.33. The zero-order valence-electron chi connectivity index (χ0n) is 19.7. The van der Waals surface area contributed by atoms with Crippen LogP contribution in [-0.2, 0) is 19.0 Å². The molecule has 1 unspecified atom stereocenters. The second-order valence-electron chi connectivity index (χ2n) is 7.98. The number of fused-ring (bicyclic) bond motifs is 1. The summed E-state index contributed by atoms with van der Waals surface area (Å²) in [5.74, 6) is -0.490. The lowest BCUT2D eigenvalue weighted by molar-refractivity contribution is -0.514. The largest absolute Gasteiger partial charge is 0.494 e. The number of ether oxygens (including phenoxy) is 4. The van der Waals surface area contributed by atoms with Crippen LogP contribution in [0.3, 0.4) is 0 Å². The molecule has 1 aromatic heterocycles. The van der Waals surface area contributed by atoms with Gasteiger partial charge in [-0.1, -0.05) is 30.3 Å². The van der Waals surface area contributed by atoms with Gasteiger partial charge in [0.15, 0.2) is 0 Å². The summed E-state index contributed by atoms with van der Waals surface area (Å²) in [6.07, 6.45) is -17.7. The minimum absolute atomic E-state index is 0.0979. The summed E-state index contributed by atoms with van der Waals surface area (Å²) in [5, 5.41) is 0.708. The van der Waals surface area contributed by atoms with Crippen molar-refractivity contribution < 1.29 is 54.5 Å². The summed E-state index contributed by atoms with van der Waals surface area (Å²) >= 11 is 0. The average molecular weight is 550 g/mol. The molecule has 0 fully saturated rings. The van der Waals surface area contributed by atoms with Crippen molar-refractivity contribution in [3.05, 3.63) is 54.6 Å². The summed E-state index contributed by atoms with van der Waals surface area (Å²) in [7, 11) is 0. The second kappa shape index (κ2) is 12.0. The number of benzene rings is 2. The van der Waals surface area contributed by atoms with Gasteiger partial charge in [-0.3, -0.25) is 4.79 Å². The Morgan fingerprint density at radius 2 is 1.53 bits per heavy atom. The molecule has 0 saturated carbocycles. The molecule has 38 heavy (non-hydrogen) atoms. The normalized spacial score (nSPS) is 13.5. The zero-order valence-corrected chi connectivity index (χ0v) is 19.7. The minimum atomic E-state index is -5.38. The van der Waals surface area contributed by atoms with Crippen molar-refractivity contribution >= 4 is 16.9 Å². The molecule has 0 aliphatic heterocycles. The molecule has 4 N–H and O–H groups in total. The monoisotopic (exact) mass is 550 g/mol. The van der Waals surface area contributed by atoms with Gasteiger partial charge >= 0.3 is 24.5 Å². The molecule has 1 atom stereocenters. The molecule has 1 heterocycles. The molecule has 3 aromatic rings. The Balaban J connectivity index is 1.49. The van der Waals surface area contributed by atoms with Crippen LogP contribution in [0.15, 0.2) is 59.0 Å². The number of alkyl halides is 6. The molecule has 14 heteroatoms. The van der Waals surface area contributed by atoms with Crippen molar-refractivity contribution in [1.29, 1.82) is 0 Å². The van der Waals surface area contributed by atoms with Crippen LogP contribution in [0.4, 0.5) is 26.3 Å². The maximum Gasteiger partial charge on any atom is 0.494 e. The van der Waals surface area contributed by atoms with Crippen molar-refractivity contribution in [1.82, 2.24) is 0 Å². The van der Waals surface area contributed by atoms with Crippen LogP contribution in [0, 0.1) is 0 Å². The van der Waals surface area contributed by atoms with Crippen molar-refractivity contribution in [3.63, 3.8) is 0 Å². The fraction of sp³-hybridized carbons (Fsp3) is 0.375. The lowest BCUT2D eigenvalue weighted by Crippen LogP contribution is -2.42. The molecule has 3 rings (SSSR count). The van der Waals surface area contributed by atoms with E-state index >= 15 is 0 Å². The Labute approximate surface area is 212 Å². The molecule has 0 spiro atoms. The van der Waals surface area contributed by atoms with E-state index < -0.39 is 56.6 Å². The van der Waals surface area contributed by atoms with E-state index in [0.717, 1.165) is 5.56 Å². The molecule has 0 aliphatic carbocycles. The number of hydrogen-bond donors (Lipinski definition) is 2. The number of carbonyl (C=O) groups is 1. The predicted octanol–water partition coefficient (Wildman–Crippen LogP) is 4.86. The van der Waals surface area contributed by atoms with E-state index in [9.17, 15) is 31.1 Å². The number of esters is 1. The highest BCUT2D eigenvalue weighted by molar-refractivity contribution is 5.84. The SMILES string of the molecule is NCC(N)C(=O)OCCC(F)(F)OC(F)(F)OC(F)(F)CCOc1ccc2cc(-c3ccccc3)oc2c1. The highest BCUT2D eigenvalue weighted by atomic mass is 19.3. The van der Waals surface area contributed by atoms with E-state index in [1.807, 2.05) is 30.3 Å². The molecule has 0 aliphatic rings. The number of rotatable bonds is 14. The van der Waals surface area contributed by atoms with Gasteiger partial charge in [-0.2, -0.15) is 17.6 Å². The van der Waals surface area contributed by atoms with Gasteiger partial charge < -0.3 is 25.4 Å². The number of carbonyl (C=O) groups excluding carboxylic acids is 1. The van der Waals surface area contributed by atoms with Crippen LogP contribution in [-0.4, -0.2) is 50.3 Å². The average Bonchev–Trinajstić information content (AvgIpc) is 3.25. The molecule has 0 bridgehead atoms. The van der Waals surface area contributed by atoms with Gasteiger partial charge in [0.2, 0.25) is 0 Å². The number of hydrogen-bond acceptors (Lipinski definition) is 8. The topological polar surface area (TPSA) is 119 Å². The Bertz CT molecular complexity index is 1210. The minimum Gasteiger partial charge on any atom is -0.493 e. The number of halogens is 6. The van der Waals surface area contributed by atoms with Crippen molar-refractivity contribution in [2.24, 2.45) is 11.5 Å². The zero-order chi connectivity index (χ0) is 28.0. The molecule has 0 saturated heterocycles. The Morgan fingerprint density at radius 1 is 0.895 bits per heavy atom. The van der Waals surface area contributed by atoms with Gasteiger partial charge in [0.05, 0.1) is 26.1 Å². The maximum atomic E-state index is 13.9. The molecule has 0 amide bonds. The lowest BCUT2D eigenvalue weighted by Gasteiger charge is -2.26. The molecule has 208 valence electrons. The Kier molecular flexibility index (Phi) is 9.25. The van der Waals surface area contributed by atoms with Crippen molar-refractivity contribution in [2.75, 3.05) is 19.8 Å². The highest BCUT2D eigenvalue weighted by Gasteiger charge is 2.52. The molecule has 2 aromatic carbocycles. The van der Waals surface area contributed by atoms with Crippen LogP contribution in [0.25, 0.3) is 22.3 Å². The number of nitrogens with two attached hydrogens (primary N) is 2. The summed E-state index contributed by atoms with van der Waals surface area (Å²) in [4.78, 5) is 11.3. The maximum absolute atomic E-state index is 13.9. The Morgan fingerprint density at radius 3 is 2.16 bits per heavy atom. The summed E-state index contributed by atoms with van der Waals surface area (Å²) in [5.41, 5.74) is 11.5. The second-order valence-corrected chi connectivity index (χ2v) is 7.98. The first kappa shape index (κ1) is 29.2. The molecule has 8 nitrogen and oxygen atoms in total. The van der Waals surface area contributed by atoms with Gasteiger partial charge in [-0.15, -0.1) is 8.78 Å². The van der Waals surface area contributed by atoms with Crippen LogP contribution < -0.4 is 16.2 Å². The third-order valence-electron chi connectivity index (χ3n) is 4.94. The van der Waals surface area contributed by atoms with Gasteiger partial charge in [0.25, 0.3) is 0 Å². The molecular formula is C24H24F6N2O6. The van der Waals surface area contributed by atoms with Crippen molar-refractivity contribution in [2.45, 2.75) is 37.4 Å². The molecule has 0 radical (unpaired) electrons. The first-order valence-corrected chi connectivity index (χ1v) is 11.2. The van der Waals surface area contributed by atoms with E-state index in [-0.39, 0.29) is 12.3 Å². The van der Waals surface area contributed by atoms with E-state index in [0.29, 0.717) is 16.7 Å².